The van der Waals surface area contributed by atoms with Gasteiger partial charge in [-0.3, -0.25) is 4.68 Å². The highest BCUT2D eigenvalue weighted by molar-refractivity contribution is 5.01. The van der Waals surface area contributed by atoms with Crippen LogP contribution in [0.25, 0.3) is 0 Å². The van der Waals surface area contributed by atoms with Crippen LogP contribution in [0.3, 0.4) is 0 Å². The smallest absolute Gasteiger partial charge is 0.0640 e. The predicted octanol–water partition coefficient (Wildman–Crippen LogP) is 1.37. The van der Waals surface area contributed by atoms with Crippen molar-refractivity contribution in [1.82, 2.24) is 15.1 Å². The van der Waals surface area contributed by atoms with E-state index in [4.69, 9.17) is 4.74 Å². The van der Waals surface area contributed by atoms with Gasteiger partial charge in [0.2, 0.25) is 0 Å². The van der Waals surface area contributed by atoms with Crippen molar-refractivity contribution in [1.29, 1.82) is 0 Å². The van der Waals surface area contributed by atoms with Gasteiger partial charge in [-0.1, -0.05) is 6.92 Å². The Balaban J connectivity index is 2.37. The number of nitrogens with zero attached hydrogens (tertiary/aromatic N) is 2. The summed E-state index contributed by atoms with van der Waals surface area (Å²) in [5.74, 6) is 0. The van der Waals surface area contributed by atoms with Crippen LogP contribution in [-0.2, 0) is 18.2 Å². The molecule has 0 spiro atoms. The number of ether oxygens (including phenoxy) is 1. The predicted molar refractivity (Wildman–Crippen MR) is 65.5 cm³/mol. The van der Waals surface area contributed by atoms with Crippen LogP contribution in [-0.4, -0.2) is 35.6 Å². The number of likely N-dealkylation sites (N-methyl/N-ethyl adjacent to an activating group) is 1. The van der Waals surface area contributed by atoms with E-state index in [-0.39, 0.29) is 0 Å². The molecular formula is C12H23N3O. The largest absolute Gasteiger partial charge is 0.382 e. The summed E-state index contributed by atoms with van der Waals surface area (Å²) < 4.78 is 7.24. The highest BCUT2D eigenvalue weighted by Crippen LogP contribution is 2.03. The van der Waals surface area contributed by atoms with Crippen LogP contribution in [0.2, 0.25) is 0 Å². The maximum atomic E-state index is 5.39. The third kappa shape index (κ3) is 4.77. The van der Waals surface area contributed by atoms with Crippen molar-refractivity contribution in [2.24, 2.45) is 7.05 Å². The molecule has 1 rings (SSSR count). The Morgan fingerprint density at radius 1 is 1.50 bits per heavy atom. The summed E-state index contributed by atoms with van der Waals surface area (Å²) in [6, 6.07) is 2.54. The molecule has 0 saturated heterocycles. The molecule has 1 aromatic rings. The highest BCUT2D eigenvalue weighted by atomic mass is 16.5. The molecule has 1 atom stereocenters. The Kier molecular flexibility index (Phi) is 6.11. The van der Waals surface area contributed by atoms with Crippen LogP contribution in [0.4, 0.5) is 0 Å². The van der Waals surface area contributed by atoms with Crippen molar-refractivity contribution in [3.05, 3.63) is 18.0 Å². The van der Waals surface area contributed by atoms with E-state index in [1.807, 2.05) is 24.9 Å². The minimum Gasteiger partial charge on any atom is -0.382 e. The first-order valence-corrected chi connectivity index (χ1v) is 6.05. The molecule has 1 unspecified atom stereocenters. The van der Waals surface area contributed by atoms with E-state index in [1.165, 1.54) is 0 Å². The number of nitrogens with one attached hydrogen (secondary N) is 1. The van der Waals surface area contributed by atoms with Crippen molar-refractivity contribution < 1.29 is 4.74 Å². The summed E-state index contributed by atoms with van der Waals surface area (Å²) in [5.41, 5.74) is 1.14. The second kappa shape index (κ2) is 7.41. The van der Waals surface area contributed by atoms with Gasteiger partial charge in [0.15, 0.2) is 0 Å². The molecule has 0 aromatic carbocycles. The van der Waals surface area contributed by atoms with Gasteiger partial charge in [-0.25, -0.2) is 0 Å². The third-order valence-electron chi connectivity index (χ3n) is 2.53. The van der Waals surface area contributed by atoms with Gasteiger partial charge < -0.3 is 10.1 Å². The zero-order valence-electron chi connectivity index (χ0n) is 10.6. The topological polar surface area (TPSA) is 39.1 Å². The molecule has 4 heteroatoms. The summed E-state index contributed by atoms with van der Waals surface area (Å²) >= 11 is 0. The molecule has 0 radical (unpaired) electrons. The minimum atomic E-state index is 0.464. The Hall–Kier alpha value is -0.870. The maximum absolute atomic E-state index is 5.39. The van der Waals surface area contributed by atoms with E-state index >= 15 is 0 Å². The SMILES string of the molecule is CCNC(CCOCC)Cc1ccn(C)n1. The quantitative estimate of drug-likeness (QED) is 0.679. The lowest BCUT2D eigenvalue weighted by Crippen LogP contribution is -2.32. The molecule has 0 amide bonds. The lowest BCUT2D eigenvalue weighted by atomic mass is 10.1. The molecule has 1 aromatic heterocycles. The van der Waals surface area contributed by atoms with Gasteiger partial charge in [0.05, 0.1) is 5.69 Å². The third-order valence-corrected chi connectivity index (χ3v) is 2.53. The van der Waals surface area contributed by atoms with E-state index in [0.29, 0.717) is 6.04 Å². The Bertz CT molecular complexity index is 286. The van der Waals surface area contributed by atoms with Crippen LogP contribution in [0.15, 0.2) is 12.3 Å². The number of aryl methyl sites for hydroxylation is 1. The normalized spacial score (nSPS) is 12.9. The fraction of sp³-hybridized carbons (Fsp3) is 0.750. The van der Waals surface area contributed by atoms with E-state index in [2.05, 4.69) is 23.4 Å². The molecule has 1 N–H and O–H groups in total. The van der Waals surface area contributed by atoms with Crippen LogP contribution in [0.1, 0.15) is 26.0 Å². The summed E-state index contributed by atoms with van der Waals surface area (Å²) in [6.45, 7) is 6.76. The standard InChI is InChI=1S/C12H23N3O/c1-4-13-11(7-9-16-5-2)10-12-6-8-15(3)14-12/h6,8,11,13H,4-5,7,9-10H2,1-3H3. The first kappa shape index (κ1) is 13.2. The van der Waals surface area contributed by atoms with Gasteiger partial charge in [0.1, 0.15) is 0 Å². The monoisotopic (exact) mass is 225 g/mol. The summed E-state index contributed by atoms with van der Waals surface area (Å²) in [7, 11) is 1.95. The fourth-order valence-electron chi connectivity index (χ4n) is 1.76. The molecule has 4 nitrogen and oxygen atoms in total. The molecule has 0 saturated carbocycles. The molecule has 92 valence electrons. The van der Waals surface area contributed by atoms with Crippen molar-refractivity contribution in [2.45, 2.75) is 32.7 Å². The zero-order valence-corrected chi connectivity index (χ0v) is 10.6. The van der Waals surface area contributed by atoms with E-state index in [1.54, 1.807) is 0 Å². The first-order valence-electron chi connectivity index (χ1n) is 6.05. The lowest BCUT2D eigenvalue weighted by Gasteiger charge is -2.16. The number of hydrogen-bond acceptors (Lipinski definition) is 3. The maximum Gasteiger partial charge on any atom is 0.0640 e. The van der Waals surface area contributed by atoms with Crippen LogP contribution in [0, 0.1) is 0 Å². The van der Waals surface area contributed by atoms with Crippen molar-refractivity contribution >= 4 is 0 Å². The van der Waals surface area contributed by atoms with Crippen LogP contribution in [0.5, 0.6) is 0 Å². The molecular weight excluding hydrogens is 202 g/mol. The Morgan fingerprint density at radius 3 is 2.88 bits per heavy atom. The van der Waals surface area contributed by atoms with E-state index in [9.17, 15) is 0 Å². The van der Waals surface area contributed by atoms with Crippen LogP contribution >= 0.6 is 0 Å². The molecule has 0 aliphatic heterocycles. The van der Waals surface area contributed by atoms with E-state index in [0.717, 1.165) is 38.3 Å². The lowest BCUT2D eigenvalue weighted by molar-refractivity contribution is 0.136. The molecule has 0 aliphatic carbocycles. The average Bonchev–Trinajstić information content (AvgIpc) is 2.65. The van der Waals surface area contributed by atoms with Gasteiger partial charge in [0, 0.05) is 38.9 Å². The fourth-order valence-corrected chi connectivity index (χ4v) is 1.76. The Labute approximate surface area is 98.0 Å². The van der Waals surface area contributed by atoms with E-state index < -0.39 is 0 Å². The van der Waals surface area contributed by atoms with Gasteiger partial charge >= 0.3 is 0 Å². The highest BCUT2D eigenvalue weighted by Gasteiger charge is 2.09. The number of rotatable bonds is 8. The van der Waals surface area contributed by atoms with Gasteiger partial charge in [-0.15, -0.1) is 0 Å². The number of aromatic nitrogens is 2. The first-order chi connectivity index (χ1) is 7.76. The van der Waals surface area contributed by atoms with Crippen LogP contribution < -0.4 is 5.32 Å². The summed E-state index contributed by atoms with van der Waals surface area (Å²) in [6.07, 6.45) is 4.00. The van der Waals surface area contributed by atoms with Gasteiger partial charge in [-0.05, 0) is 26.0 Å². The number of hydrogen-bond donors (Lipinski definition) is 1. The zero-order chi connectivity index (χ0) is 11.8. The van der Waals surface area contributed by atoms with Gasteiger partial charge in [-0.2, -0.15) is 5.10 Å². The summed E-state index contributed by atoms with van der Waals surface area (Å²) in [5, 5.41) is 7.87. The molecule has 16 heavy (non-hydrogen) atoms. The van der Waals surface area contributed by atoms with Crippen molar-refractivity contribution in [3.63, 3.8) is 0 Å². The molecule has 0 bridgehead atoms. The minimum absolute atomic E-state index is 0.464. The molecule has 0 aliphatic rings. The second-order valence-electron chi connectivity index (χ2n) is 3.93. The van der Waals surface area contributed by atoms with Gasteiger partial charge in [0.25, 0.3) is 0 Å². The average molecular weight is 225 g/mol. The van der Waals surface area contributed by atoms with Crippen molar-refractivity contribution in [2.75, 3.05) is 19.8 Å². The molecule has 1 heterocycles. The van der Waals surface area contributed by atoms with Crippen molar-refractivity contribution in [3.8, 4) is 0 Å². The second-order valence-corrected chi connectivity index (χ2v) is 3.93. The molecule has 0 fully saturated rings. The Morgan fingerprint density at radius 2 is 2.31 bits per heavy atom. The summed E-state index contributed by atoms with van der Waals surface area (Å²) in [4.78, 5) is 0.